The minimum absolute atomic E-state index is 0.209. The maximum absolute atomic E-state index is 13.0. The summed E-state index contributed by atoms with van der Waals surface area (Å²) in [5.74, 6) is 1.84. The van der Waals surface area contributed by atoms with Crippen LogP contribution in [0.15, 0.2) is 48.5 Å². The second-order valence-corrected chi connectivity index (χ2v) is 7.94. The Balaban J connectivity index is 1.37. The molecule has 0 aromatic heterocycles. The van der Waals surface area contributed by atoms with E-state index in [2.05, 4.69) is 40.1 Å². The normalized spacial score (nSPS) is 19.7. The molecule has 2 aromatic rings. The average Bonchev–Trinajstić information content (AvgIpc) is 3.27. The first-order valence-corrected chi connectivity index (χ1v) is 10.7. The van der Waals surface area contributed by atoms with Gasteiger partial charge in [-0.3, -0.25) is 9.69 Å². The lowest BCUT2D eigenvalue weighted by Gasteiger charge is -2.37. The van der Waals surface area contributed by atoms with E-state index in [1.807, 2.05) is 23.1 Å². The number of anilines is 1. The third-order valence-corrected chi connectivity index (χ3v) is 6.26. The summed E-state index contributed by atoms with van der Waals surface area (Å²) in [7, 11) is 3.35. The number of hydrogen-bond acceptors (Lipinski definition) is 5. The molecule has 0 N–H and O–H groups in total. The van der Waals surface area contributed by atoms with Crippen molar-refractivity contribution in [1.82, 2.24) is 9.80 Å². The van der Waals surface area contributed by atoms with Crippen molar-refractivity contribution in [3.63, 3.8) is 0 Å². The number of carbonyl (C=O) groups excluding carboxylic acids is 1. The van der Waals surface area contributed by atoms with Crippen LogP contribution < -0.4 is 14.4 Å². The quantitative estimate of drug-likeness (QED) is 0.733. The maximum Gasteiger partial charge on any atom is 0.236 e. The summed E-state index contributed by atoms with van der Waals surface area (Å²) in [5.41, 5.74) is 2.37. The Hall–Kier alpha value is -2.73. The first-order valence-electron chi connectivity index (χ1n) is 10.7. The molecule has 2 aliphatic rings. The zero-order valence-corrected chi connectivity index (χ0v) is 17.9. The van der Waals surface area contributed by atoms with E-state index in [0.717, 1.165) is 62.6 Å². The van der Waals surface area contributed by atoms with Crippen LogP contribution in [-0.4, -0.2) is 69.2 Å². The number of benzene rings is 2. The molecule has 1 amide bonds. The highest BCUT2D eigenvalue weighted by atomic mass is 16.5. The van der Waals surface area contributed by atoms with Crippen LogP contribution >= 0.6 is 0 Å². The molecule has 6 heteroatoms. The summed E-state index contributed by atoms with van der Waals surface area (Å²) in [6, 6.07) is 16.6. The lowest BCUT2D eigenvalue weighted by Crippen LogP contribution is -2.51. The van der Waals surface area contributed by atoms with Gasteiger partial charge in [0.15, 0.2) is 0 Å². The number of ether oxygens (including phenoxy) is 2. The molecular weight excluding hydrogens is 378 g/mol. The molecule has 0 spiro atoms. The van der Waals surface area contributed by atoms with Crippen LogP contribution in [0.25, 0.3) is 0 Å². The van der Waals surface area contributed by atoms with Gasteiger partial charge in [-0.15, -0.1) is 0 Å². The van der Waals surface area contributed by atoms with Crippen LogP contribution in [0.4, 0.5) is 5.69 Å². The molecule has 0 radical (unpaired) electrons. The molecule has 4 rings (SSSR count). The van der Waals surface area contributed by atoms with Crippen molar-refractivity contribution >= 4 is 11.6 Å². The van der Waals surface area contributed by atoms with E-state index in [1.165, 1.54) is 5.69 Å². The van der Waals surface area contributed by atoms with E-state index >= 15 is 0 Å². The van der Waals surface area contributed by atoms with Gasteiger partial charge < -0.3 is 19.3 Å². The second kappa shape index (κ2) is 9.39. The molecule has 6 nitrogen and oxygen atoms in total. The van der Waals surface area contributed by atoms with Crippen molar-refractivity contribution < 1.29 is 14.3 Å². The van der Waals surface area contributed by atoms with Crippen molar-refractivity contribution in [3.05, 3.63) is 54.1 Å². The lowest BCUT2D eigenvalue weighted by atomic mass is 10.0. The number of amides is 1. The fourth-order valence-electron chi connectivity index (χ4n) is 4.59. The van der Waals surface area contributed by atoms with Gasteiger partial charge in [-0.1, -0.05) is 24.3 Å². The summed E-state index contributed by atoms with van der Waals surface area (Å²) in [4.78, 5) is 19.7. The van der Waals surface area contributed by atoms with E-state index in [1.54, 1.807) is 14.2 Å². The number of piperazine rings is 1. The molecule has 2 fully saturated rings. The smallest absolute Gasteiger partial charge is 0.236 e. The first-order chi connectivity index (χ1) is 14.7. The predicted molar refractivity (Wildman–Crippen MR) is 118 cm³/mol. The Bertz CT molecular complexity index is 850. The number of rotatable bonds is 6. The van der Waals surface area contributed by atoms with Crippen molar-refractivity contribution in [3.8, 4) is 11.5 Å². The minimum atomic E-state index is 0.209. The number of likely N-dealkylation sites (tertiary alicyclic amines) is 1. The summed E-state index contributed by atoms with van der Waals surface area (Å²) >= 11 is 0. The van der Waals surface area contributed by atoms with Gasteiger partial charge in [0.25, 0.3) is 0 Å². The van der Waals surface area contributed by atoms with Crippen LogP contribution in [0.5, 0.6) is 11.5 Å². The van der Waals surface area contributed by atoms with Crippen LogP contribution in [0.1, 0.15) is 24.4 Å². The Morgan fingerprint density at radius 2 is 1.73 bits per heavy atom. The number of para-hydroxylation sites is 1. The first kappa shape index (κ1) is 20.5. The van der Waals surface area contributed by atoms with Gasteiger partial charge >= 0.3 is 0 Å². The van der Waals surface area contributed by atoms with Gasteiger partial charge in [0.05, 0.1) is 20.8 Å². The molecule has 1 atom stereocenters. The molecule has 160 valence electrons. The molecule has 0 bridgehead atoms. The van der Waals surface area contributed by atoms with Gasteiger partial charge in [0.2, 0.25) is 5.91 Å². The van der Waals surface area contributed by atoms with E-state index in [-0.39, 0.29) is 11.9 Å². The van der Waals surface area contributed by atoms with E-state index < -0.39 is 0 Å². The van der Waals surface area contributed by atoms with Gasteiger partial charge in [-0.25, -0.2) is 0 Å². The SMILES string of the molecule is COc1ccc([C@@H]2CCCN2CC(=O)N2CCN(c3ccccc3)CC2)c(OC)c1. The zero-order valence-electron chi connectivity index (χ0n) is 17.9. The predicted octanol–water partition coefficient (Wildman–Crippen LogP) is 3.19. The van der Waals surface area contributed by atoms with E-state index in [9.17, 15) is 4.79 Å². The monoisotopic (exact) mass is 409 g/mol. The number of carbonyl (C=O) groups is 1. The Morgan fingerprint density at radius 3 is 2.43 bits per heavy atom. The van der Waals surface area contributed by atoms with Gasteiger partial charge in [0, 0.05) is 49.5 Å². The lowest BCUT2D eigenvalue weighted by molar-refractivity contribution is -0.133. The Kier molecular flexibility index (Phi) is 6.43. The highest BCUT2D eigenvalue weighted by Gasteiger charge is 2.31. The summed E-state index contributed by atoms with van der Waals surface area (Å²) < 4.78 is 10.9. The van der Waals surface area contributed by atoms with Gasteiger partial charge in [-0.05, 0) is 37.6 Å². The number of hydrogen-bond donors (Lipinski definition) is 0. The third-order valence-electron chi connectivity index (χ3n) is 6.26. The highest BCUT2D eigenvalue weighted by molar-refractivity contribution is 5.78. The van der Waals surface area contributed by atoms with Crippen LogP contribution in [-0.2, 0) is 4.79 Å². The van der Waals surface area contributed by atoms with Crippen LogP contribution in [0.2, 0.25) is 0 Å². The van der Waals surface area contributed by atoms with Crippen molar-refractivity contribution in [1.29, 1.82) is 0 Å². The maximum atomic E-state index is 13.0. The molecule has 2 saturated heterocycles. The number of methoxy groups -OCH3 is 2. The zero-order chi connectivity index (χ0) is 20.9. The van der Waals surface area contributed by atoms with Gasteiger partial charge in [0.1, 0.15) is 11.5 Å². The fraction of sp³-hybridized carbons (Fsp3) is 0.458. The molecule has 0 unspecified atom stereocenters. The fourth-order valence-corrected chi connectivity index (χ4v) is 4.59. The highest BCUT2D eigenvalue weighted by Crippen LogP contribution is 2.38. The Morgan fingerprint density at radius 1 is 0.967 bits per heavy atom. The van der Waals surface area contributed by atoms with Gasteiger partial charge in [-0.2, -0.15) is 0 Å². The Labute approximate surface area is 179 Å². The van der Waals surface area contributed by atoms with Crippen LogP contribution in [0.3, 0.4) is 0 Å². The van der Waals surface area contributed by atoms with Crippen molar-refractivity contribution in [2.45, 2.75) is 18.9 Å². The molecule has 30 heavy (non-hydrogen) atoms. The minimum Gasteiger partial charge on any atom is -0.497 e. The molecule has 0 saturated carbocycles. The topological polar surface area (TPSA) is 45.2 Å². The third kappa shape index (κ3) is 4.38. The van der Waals surface area contributed by atoms with E-state index in [4.69, 9.17) is 9.47 Å². The van der Waals surface area contributed by atoms with E-state index in [0.29, 0.717) is 6.54 Å². The van der Waals surface area contributed by atoms with Crippen molar-refractivity contribution in [2.24, 2.45) is 0 Å². The standard InChI is InChI=1S/C24H31N3O3/c1-29-20-10-11-21(23(17-20)30-2)22-9-6-12-27(22)18-24(28)26-15-13-25(14-16-26)19-7-4-3-5-8-19/h3-5,7-8,10-11,17,22H,6,9,12-16,18H2,1-2H3/t22-/m0/s1. The summed E-state index contributed by atoms with van der Waals surface area (Å²) in [6.07, 6.45) is 2.13. The number of nitrogens with zero attached hydrogens (tertiary/aromatic N) is 3. The molecular formula is C24H31N3O3. The largest absolute Gasteiger partial charge is 0.497 e. The summed E-state index contributed by atoms with van der Waals surface area (Å²) in [5, 5.41) is 0. The molecule has 2 heterocycles. The average molecular weight is 410 g/mol. The second-order valence-electron chi connectivity index (χ2n) is 7.94. The summed E-state index contributed by atoms with van der Waals surface area (Å²) in [6.45, 7) is 4.72. The molecule has 0 aliphatic carbocycles. The van der Waals surface area contributed by atoms with Crippen LogP contribution in [0, 0.1) is 0 Å². The molecule has 2 aliphatic heterocycles. The van der Waals surface area contributed by atoms with Crippen molar-refractivity contribution in [2.75, 3.05) is 58.4 Å². The molecule has 2 aromatic carbocycles.